The molecule has 0 radical (unpaired) electrons. The van der Waals surface area contributed by atoms with Gasteiger partial charge in [0.25, 0.3) is 0 Å². The van der Waals surface area contributed by atoms with Crippen molar-refractivity contribution >= 4 is 30.0 Å². The van der Waals surface area contributed by atoms with Gasteiger partial charge >= 0.3 is 24.1 Å². The second kappa shape index (κ2) is 16.4. The molecule has 0 aromatic carbocycles. The molecule has 1 fully saturated rings. The molecule has 0 bridgehead atoms. The summed E-state index contributed by atoms with van der Waals surface area (Å²) in [6.45, 7) is 12.3. The van der Waals surface area contributed by atoms with Crippen LogP contribution in [-0.2, 0) is 33.3 Å². The number of alkyl carbamates (subject to hydrolysis) is 2. The van der Waals surface area contributed by atoms with Crippen LogP contribution in [0.4, 0.5) is 9.59 Å². The largest absolute Gasteiger partial charge is 0.469 e. The van der Waals surface area contributed by atoms with E-state index in [-0.39, 0.29) is 43.7 Å². The highest BCUT2D eigenvalue weighted by Gasteiger charge is 2.45. The Morgan fingerprint density at radius 1 is 0.902 bits per heavy atom. The lowest BCUT2D eigenvalue weighted by molar-refractivity contribution is -0.148. The van der Waals surface area contributed by atoms with Gasteiger partial charge in [0.15, 0.2) is 0 Å². The number of carbonyl (C=O) groups is 5. The van der Waals surface area contributed by atoms with Crippen LogP contribution in [0.3, 0.4) is 0 Å². The maximum absolute atomic E-state index is 13.3. The molecule has 0 unspecified atom stereocenters. The summed E-state index contributed by atoms with van der Waals surface area (Å²) < 4.78 is 20.3. The number of aliphatic hydroxyl groups excluding tert-OH is 1. The van der Waals surface area contributed by atoms with Crippen LogP contribution in [0.25, 0.3) is 0 Å². The molecule has 0 aromatic heterocycles. The lowest BCUT2D eigenvalue weighted by Gasteiger charge is -2.26. The molecule has 13 nitrogen and oxygen atoms in total. The zero-order valence-corrected chi connectivity index (χ0v) is 25.7. The Kier molecular flexibility index (Phi) is 14.4. The molecule has 1 rings (SSSR count). The summed E-state index contributed by atoms with van der Waals surface area (Å²) in [4.78, 5) is 61.8. The van der Waals surface area contributed by atoms with Crippen LogP contribution >= 0.6 is 0 Å². The third-order valence-electron chi connectivity index (χ3n) is 6.09. The topological polar surface area (TPSA) is 179 Å². The highest BCUT2D eigenvalue weighted by molar-refractivity contribution is 5.89. The maximum Gasteiger partial charge on any atom is 0.408 e. The molecule has 3 amide bonds. The molecule has 0 saturated heterocycles. The van der Waals surface area contributed by atoms with E-state index >= 15 is 0 Å². The highest BCUT2D eigenvalue weighted by Crippen LogP contribution is 2.45. The molecule has 41 heavy (non-hydrogen) atoms. The van der Waals surface area contributed by atoms with Crippen molar-refractivity contribution in [2.75, 3.05) is 20.3 Å². The van der Waals surface area contributed by atoms with Gasteiger partial charge in [-0.3, -0.25) is 9.59 Å². The summed E-state index contributed by atoms with van der Waals surface area (Å²) in [5, 5.41) is 18.5. The van der Waals surface area contributed by atoms with Crippen molar-refractivity contribution in [2.45, 2.75) is 116 Å². The fourth-order valence-electron chi connectivity index (χ4n) is 4.12. The summed E-state index contributed by atoms with van der Waals surface area (Å²) in [5.74, 6) is -2.02. The number of amides is 3. The Morgan fingerprint density at radius 2 is 1.51 bits per heavy atom. The maximum atomic E-state index is 13.3. The van der Waals surface area contributed by atoms with Gasteiger partial charge in [-0.2, -0.15) is 0 Å². The average Bonchev–Trinajstić information content (AvgIpc) is 3.59. The van der Waals surface area contributed by atoms with E-state index < -0.39 is 53.5 Å². The first-order chi connectivity index (χ1) is 19.0. The number of ether oxygens (including phenoxy) is 4. The minimum atomic E-state index is -1.17. The first kappa shape index (κ1) is 35.9. The third-order valence-corrected chi connectivity index (χ3v) is 6.09. The molecule has 1 aliphatic rings. The Labute approximate surface area is 242 Å². The van der Waals surface area contributed by atoms with E-state index in [0.29, 0.717) is 25.8 Å². The van der Waals surface area contributed by atoms with E-state index in [0.717, 1.165) is 0 Å². The van der Waals surface area contributed by atoms with Gasteiger partial charge in [0.1, 0.15) is 23.3 Å². The van der Waals surface area contributed by atoms with Gasteiger partial charge < -0.3 is 40.0 Å². The number of aliphatic hydroxyl groups is 1. The minimum Gasteiger partial charge on any atom is -0.469 e. The summed E-state index contributed by atoms with van der Waals surface area (Å²) in [7, 11) is 1.29. The SMILES string of the molecule is CCOC(=O)[C@@H](C[C@H](O)[C@@H]1C[C@H]1CC(=O)OC)NC(=O)[C@H](CCCCNC(=O)OC(C)(C)C)NC(=O)OC(C)(C)C. The molecule has 4 N–H and O–H groups in total. The minimum absolute atomic E-state index is 0.0631. The second-order valence-electron chi connectivity index (χ2n) is 12.2. The van der Waals surface area contributed by atoms with Crippen molar-refractivity contribution in [1.82, 2.24) is 16.0 Å². The summed E-state index contributed by atoms with van der Waals surface area (Å²) in [6, 6.07) is -2.23. The number of nitrogens with one attached hydrogen (secondary N) is 3. The van der Waals surface area contributed by atoms with Crippen LogP contribution in [0.5, 0.6) is 0 Å². The number of hydrogen-bond acceptors (Lipinski definition) is 10. The van der Waals surface area contributed by atoms with Crippen LogP contribution in [0.15, 0.2) is 0 Å². The van der Waals surface area contributed by atoms with Crippen molar-refractivity contribution in [1.29, 1.82) is 0 Å². The second-order valence-corrected chi connectivity index (χ2v) is 12.2. The number of hydrogen-bond donors (Lipinski definition) is 4. The molecule has 1 aliphatic carbocycles. The quantitative estimate of drug-likeness (QED) is 0.126. The molecule has 0 spiro atoms. The Balaban J connectivity index is 2.84. The summed E-state index contributed by atoms with van der Waals surface area (Å²) >= 11 is 0. The number of rotatable bonds is 15. The molecule has 236 valence electrons. The first-order valence-electron chi connectivity index (χ1n) is 14.1. The van der Waals surface area contributed by atoms with Crippen molar-refractivity contribution in [3.8, 4) is 0 Å². The Morgan fingerprint density at radius 3 is 2.07 bits per heavy atom. The summed E-state index contributed by atoms with van der Waals surface area (Å²) in [5.41, 5.74) is -1.43. The normalized spacial score (nSPS) is 18.7. The van der Waals surface area contributed by atoms with Crippen LogP contribution in [0, 0.1) is 11.8 Å². The van der Waals surface area contributed by atoms with Gasteiger partial charge in [-0.05, 0) is 86.0 Å². The number of unbranched alkanes of at least 4 members (excludes halogenated alkanes) is 1. The van der Waals surface area contributed by atoms with Crippen molar-refractivity contribution in [2.24, 2.45) is 11.8 Å². The molecule has 5 atom stereocenters. The smallest absolute Gasteiger partial charge is 0.408 e. The van der Waals surface area contributed by atoms with Crippen LogP contribution < -0.4 is 16.0 Å². The van der Waals surface area contributed by atoms with Crippen molar-refractivity contribution < 1.29 is 48.0 Å². The predicted molar refractivity (Wildman–Crippen MR) is 149 cm³/mol. The van der Waals surface area contributed by atoms with E-state index in [1.807, 2.05) is 0 Å². The van der Waals surface area contributed by atoms with Gasteiger partial charge in [0.2, 0.25) is 5.91 Å². The van der Waals surface area contributed by atoms with Crippen LogP contribution in [0.1, 0.15) is 87.0 Å². The van der Waals surface area contributed by atoms with E-state index in [9.17, 15) is 29.1 Å². The Bertz CT molecular complexity index is 897. The van der Waals surface area contributed by atoms with E-state index in [1.165, 1.54) is 7.11 Å². The van der Waals surface area contributed by atoms with Gasteiger partial charge in [0.05, 0.1) is 19.8 Å². The molecular weight excluding hydrogens is 538 g/mol. The van der Waals surface area contributed by atoms with Gasteiger partial charge in [-0.25, -0.2) is 14.4 Å². The zero-order chi connectivity index (χ0) is 31.4. The van der Waals surface area contributed by atoms with Crippen molar-refractivity contribution in [3.05, 3.63) is 0 Å². The molecular formula is C28H49N3O10. The molecule has 0 aromatic rings. The zero-order valence-electron chi connectivity index (χ0n) is 25.7. The van der Waals surface area contributed by atoms with E-state index in [1.54, 1.807) is 48.5 Å². The average molecular weight is 588 g/mol. The van der Waals surface area contributed by atoms with Crippen LogP contribution in [0.2, 0.25) is 0 Å². The molecule has 0 heterocycles. The van der Waals surface area contributed by atoms with E-state index in [4.69, 9.17) is 14.2 Å². The predicted octanol–water partition coefficient (Wildman–Crippen LogP) is 2.57. The number of carbonyl (C=O) groups excluding carboxylic acids is 5. The van der Waals surface area contributed by atoms with Gasteiger partial charge in [-0.1, -0.05) is 0 Å². The third kappa shape index (κ3) is 15.5. The van der Waals surface area contributed by atoms with Crippen LogP contribution in [-0.4, -0.2) is 84.8 Å². The Hall–Kier alpha value is -3.09. The standard InChI is InChI=1S/C28H49N3O10/c1-9-39-24(35)20(16-21(32)18-14-17(18)15-22(33)38-8)30-23(34)19(31-26(37)41-28(5,6)7)12-10-11-13-29-25(36)40-27(2,3)4/h17-21,32H,9-16H2,1-8H3,(H,29,36)(H,30,34)(H,31,37)/t17-,18+,19-,20+,21-/m0/s1. The van der Waals surface area contributed by atoms with E-state index in [2.05, 4.69) is 20.7 Å². The number of methoxy groups -OCH3 is 1. The molecule has 0 aliphatic heterocycles. The molecule has 1 saturated carbocycles. The fourth-order valence-corrected chi connectivity index (χ4v) is 4.12. The first-order valence-corrected chi connectivity index (χ1v) is 14.1. The lowest BCUT2D eigenvalue weighted by Crippen LogP contribution is -2.53. The van der Waals surface area contributed by atoms with Gasteiger partial charge in [0, 0.05) is 19.4 Å². The fraction of sp³-hybridized carbons (Fsp3) is 0.821. The molecule has 13 heteroatoms. The number of esters is 2. The van der Waals surface area contributed by atoms with Gasteiger partial charge in [-0.15, -0.1) is 0 Å². The van der Waals surface area contributed by atoms with Crippen molar-refractivity contribution in [3.63, 3.8) is 0 Å². The monoisotopic (exact) mass is 587 g/mol. The summed E-state index contributed by atoms with van der Waals surface area (Å²) in [6.07, 6.45) is -0.570. The highest BCUT2D eigenvalue weighted by atomic mass is 16.6. The lowest BCUT2D eigenvalue weighted by atomic mass is 10.0.